The highest BCUT2D eigenvalue weighted by Crippen LogP contribution is 2.27. The van der Waals surface area contributed by atoms with Crippen molar-refractivity contribution in [1.29, 1.82) is 0 Å². The van der Waals surface area contributed by atoms with Crippen molar-refractivity contribution in [3.05, 3.63) is 41.7 Å². The highest BCUT2D eigenvalue weighted by atomic mass is 16.5. The Labute approximate surface area is 142 Å². The van der Waals surface area contributed by atoms with Crippen LogP contribution >= 0.6 is 0 Å². The Morgan fingerprint density at radius 3 is 2.96 bits per heavy atom. The molecule has 24 heavy (non-hydrogen) atoms. The normalized spacial score (nSPS) is 18.0. The molecular formula is C18H24N4O2. The zero-order valence-electron chi connectivity index (χ0n) is 14.5. The van der Waals surface area contributed by atoms with Gasteiger partial charge in [0.05, 0.1) is 11.4 Å². The zero-order chi connectivity index (χ0) is 17.1. The molecule has 0 N–H and O–H groups in total. The number of carbonyl (C=O) groups excluding carboxylic acids is 1. The molecule has 1 atom stereocenters. The number of amides is 1. The maximum Gasteiger partial charge on any atom is 0.248 e. The number of nitrogens with zero attached hydrogens (tertiary/aromatic N) is 4. The summed E-state index contributed by atoms with van der Waals surface area (Å²) in [5.41, 5.74) is 3.10. The number of aryl methyl sites for hydroxylation is 2. The predicted molar refractivity (Wildman–Crippen MR) is 91.3 cm³/mol. The summed E-state index contributed by atoms with van der Waals surface area (Å²) in [5.74, 6) is 1.29. The molecule has 2 aromatic rings. The molecule has 0 unspecified atom stereocenters. The van der Waals surface area contributed by atoms with Crippen LogP contribution < -0.4 is 0 Å². The van der Waals surface area contributed by atoms with Crippen LogP contribution in [0.4, 0.5) is 0 Å². The van der Waals surface area contributed by atoms with Gasteiger partial charge in [0, 0.05) is 44.2 Å². The Morgan fingerprint density at radius 2 is 2.25 bits per heavy atom. The average Bonchev–Trinajstić information content (AvgIpc) is 2.94. The molecule has 0 radical (unpaired) electrons. The van der Waals surface area contributed by atoms with Crippen LogP contribution in [0, 0.1) is 13.8 Å². The van der Waals surface area contributed by atoms with E-state index in [1.165, 1.54) is 0 Å². The number of hydrogen-bond acceptors (Lipinski definition) is 4. The van der Waals surface area contributed by atoms with Crippen molar-refractivity contribution in [2.24, 2.45) is 0 Å². The Kier molecular flexibility index (Phi) is 4.94. The van der Waals surface area contributed by atoms with Gasteiger partial charge in [-0.1, -0.05) is 0 Å². The first-order valence-electron chi connectivity index (χ1n) is 8.34. The van der Waals surface area contributed by atoms with Crippen molar-refractivity contribution < 1.29 is 9.53 Å². The summed E-state index contributed by atoms with van der Waals surface area (Å²) in [6, 6.07) is 4.11. The smallest absolute Gasteiger partial charge is 0.248 e. The molecule has 0 bridgehead atoms. The van der Waals surface area contributed by atoms with E-state index in [4.69, 9.17) is 4.74 Å². The van der Waals surface area contributed by atoms with Gasteiger partial charge in [-0.05, 0) is 38.8 Å². The van der Waals surface area contributed by atoms with Crippen LogP contribution in [0.25, 0.3) is 5.69 Å². The number of likely N-dealkylation sites (tertiary alicyclic amines) is 1. The molecule has 3 heterocycles. The largest absolute Gasteiger partial charge is 0.375 e. The number of piperidine rings is 1. The van der Waals surface area contributed by atoms with Crippen molar-refractivity contribution >= 4 is 5.91 Å². The average molecular weight is 328 g/mol. The fourth-order valence-corrected chi connectivity index (χ4v) is 3.35. The summed E-state index contributed by atoms with van der Waals surface area (Å²) >= 11 is 0. The molecule has 1 amide bonds. The fraction of sp³-hybridized carbons (Fsp3) is 0.500. The summed E-state index contributed by atoms with van der Waals surface area (Å²) in [5, 5.41) is 0. The monoisotopic (exact) mass is 328 g/mol. The van der Waals surface area contributed by atoms with Crippen molar-refractivity contribution in [2.45, 2.75) is 32.6 Å². The summed E-state index contributed by atoms with van der Waals surface area (Å²) in [6.07, 6.45) is 5.92. The number of ether oxygens (including phenoxy) is 1. The first-order valence-corrected chi connectivity index (χ1v) is 8.34. The van der Waals surface area contributed by atoms with Gasteiger partial charge in [0.2, 0.25) is 5.91 Å². The predicted octanol–water partition coefficient (Wildman–Crippen LogP) is 2.24. The second-order valence-electron chi connectivity index (χ2n) is 6.35. The van der Waals surface area contributed by atoms with Gasteiger partial charge < -0.3 is 14.2 Å². The Balaban J connectivity index is 1.81. The third kappa shape index (κ3) is 3.48. The number of rotatable bonds is 4. The summed E-state index contributed by atoms with van der Waals surface area (Å²) in [7, 11) is 1.56. The van der Waals surface area contributed by atoms with E-state index in [-0.39, 0.29) is 18.4 Å². The highest BCUT2D eigenvalue weighted by molar-refractivity contribution is 5.77. The molecule has 1 aliphatic rings. The summed E-state index contributed by atoms with van der Waals surface area (Å²) in [6.45, 7) is 5.65. The molecule has 0 aromatic carbocycles. The van der Waals surface area contributed by atoms with E-state index in [0.29, 0.717) is 6.54 Å². The van der Waals surface area contributed by atoms with E-state index < -0.39 is 0 Å². The first-order chi connectivity index (χ1) is 11.6. The minimum absolute atomic E-state index is 0.0550. The van der Waals surface area contributed by atoms with Gasteiger partial charge in [0.25, 0.3) is 0 Å². The number of aromatic nitrogens is 3. The van der Waals surface area contributed by atoms with Gasteiger partial charge in [-0.15, -0.1) is 0 Å². The van der Waals surface area contributed by atoms with Crippen LogP contribution in [0.1, 0.15) is 36.0 Å². The van der Waals surface area contributed by atoms with Gasteiger partial charge in [0.15, 0.2) is 0 Å². The second kappa shape index (κ2) is 7.13. The molecule has 1 aliphatic heterocycles. The van der Waals surface area contributed by atoms with Crippen LogP contribution in [-0.4, -0.2) is 52.1 Å². The molecule has 6 nitrogen and oxygen atoms in total. The SMILES string of the molecule is COCC(=O)N1CCC[C@@H](c2cc(-n3cc(C)nc3C)ccn2)C1. The summed E-state index contributed by atoms with van der Waals surface area (Å²) in [4.78, 5) is 23.0. The van der Waals surface area contributed by atoms with Gasteiger partial charge in [0.1, 0.15) is 12.4 Å². The van der Waals surface area contributed by atoms with Crippen LogP contribution in [-0.2, 0) is 9.53 Å². The lowest BCUT2D eigenvalue weighted by Crippen LogP contribution is -2.41. The standard InChI is InChI=1S/C18H24N4O2/c1-13-10-22(14(2)20-13)16-6-7-19-17(9-16)15-5-4-8-21(11-15)18(23)12-24-3/h6-7,9-10,15H,4-5,8,11-12H2,1-3H3/t15-/m1/s1. The zero-order valence-corrected chi connectivity index (χ0v) is 14.5. The van der Waals surface area contributed by atoms with Crippen LogP contribution in [0.5, 0.6) is 0 Å². The van der Waals surface area contributed by atoms with E-state index in [1.807, 2.05) is 37.2 Å². The molecule has 0 saturated carbocycles. The van der Waals surface area contributed by atoms with Gasteiger partial charge in [-0.2, -0.15) is 0 Å². The van der Waals surface area contributed by atoms with Gasteiger partial charge >= 0.3 is 0 Å². The molecule has 128 valence electrons. The Bertz CT molecular complexity index is 726. The molecular weight excluding hydrogens is 304 g/mol. The Hall–Kier alpha value is -2.21. The van der Waals surface area contributed by atoms with Crippen molar-refractivity contribution in [1.82, 2.24) is 19.4 Å². The minimum Gasteiger partial charge on any atom is -0.375 e. The third-order valence-corrected chi connectivity index (χ3v) is 4.51. The number of carbonyl (C=O) groups is 1. The Morgan fingerprint density at radius 1 is 1.42 bits per heavy atom. The first kappa shape index (κ1) is 16.6. The molecule has 0 aliphatic carbocycles. The molecule has 0 spiro atoms. The maximum absolute atomic E-state index is 12.1. The number of methoxy groups -OCH3 is 1. The lowest BCUT2D eigenvalue weighted by Gasteiger charge is -2.32. The number of pyridine rings is 1. The topological polar surface area (TPSA) is 60.2 Å². The van der Waals surface area contributed by atoms with E-state index >= 15 is 0 Å². The second-order valence-corrected chi connectivity index (χ2v) is 6.35. The van der Waals surface area contributed by atoms with E-state index in [9.17, 15) is 4.79 Å². The molecule has 1 fully saturated rings. The maximum atomic E-state index is 12.1. The quantitative estimate of drug-likeness (QED) is 0.863. The molecule has 2 aromatic heterocycles. The van der Waals surface area contributed by atoms with Crippen LogP contribution in [0.15, 0.2) is 24.5 Å². The minimum atomic E-state index is 0.0550. The highest BCUT2D eigenvalue weighted by Gasteiger charge is 2.25. The van der Waals surface area contributed by atoms with Crippen molar-refractivity contribution in [3.8, 4) is 5.69 Å². The van der Waals surface area contributed by atoms with Crippen LogP contribution in [0.3, 0.4) is 0 Å². The van der Waals surface area contributed by atoms with Crippen molar-refractivity contribution in [2.75, 3.05) is 26.8 Å². The molecule has 3 rings (SSSR count). The summed E-state index contributed by atoms with van der Waals surface area (Å²) < 4.78 is 7.05. The number of hydrogen-bond donors (Lipinski definition) is 0. The van der Waals surface area contributed by atoms with E-state index in [2.05, 4.69) is 20.6 Å². The lowest BCUT2D eigenvalue weighted by atomic mass is 9.94. The van der Waals surface area contributed by atoms with Crippen LogP contribution in [0.2, 0.25) is 0 Å². The van der Waals surface area contributed by atoms with E-state index in [0.717, 1.165) is 42.3 Å². The number of imidazole rings is 1. The molecule has 6 heteroatoms. The van der Waals surface area contributed by atoms with Gasteiger partial charge in [-0.3, -0.25) is 9.78 Å². The lowest BCUT2D eigenvalue weighted by molar-refractivity contribution is -0.136. The third-order valence-electron chi connectivity index (χ3n) is 4.51. The fourth-order valence-electron chi connectivity index (χ4n) is 3.35. The molecule has 1 saturated heterocycles. The van der Waals surface area contributed by atoms with E-state index in [1.54, 1.807) is 7.11 Å². The van der Waals surface area contributed by atoms with Gasteiger partial charge in [-0.25, -0.2) is 4.98 Å². The van der Waals surface area contributed by atoms with Crippen molar-refractivity contribution in [3.63, 3.8) is 0 Å².